The van der Waals surface area contributed by atoms with E-state index in [4.69, 9.17) is 0 Å². The number of carbonyl (C=O) groups excluding carboxylic acids is 1. The molecule has 0 fully saturated rings. The molecule has 1 amide bonds. The maximum Gasteiger partial charge on any atom is 0.387 e. The van der Waals surface area contributed by atoms with E-state index in [1.807, 2.05) is 12.1 Å². The van der Waals surface area contributed by atoms with Crippen LogP contribution in [-0.4, -0.2) is 17.5 Å². The van der Waals surface area contributed by atoms with Crippen molar-refractivity contribution in [2.24, 2.45) is 0 Å². The second-order valence-corrected chi connectivity index (χ2v) is 4.65. The molecule has 0 spiro atoms. The lowest BCUT2D eigenvalue weighted by atomic mass is 10.1. The highest BCUT2D eigenvalue weighted by Crippen LogP contribution is 2.15. The van der Waals surface area contributed by atoms with Gasteiger partial charge in [0.15, 0.2) is 0 Å². The number of halogens is 2. The monoisotopic (exact) mass is 306 g/mol. The Kier molecular flexibility index (Phi) is 5.82. The molecule has 1 N–H and O–H groups in total. The number of aromatic nitrogens is 1. The molecule has 0 atom stereocenters. The Morgan fingerprint density at radius 3 is 2.41 bits per heavy atom. The van der Waals surface area contributed by atoms with Crippen molar-refractivity contribution in [1.82, 2.24) is 10.3 Å². The molecule has 0 aliphatic heterocycles. The van der Waals surface area contributed by atoms with Gasteiger partial charge in [-0.25, -0.2) is 0 Å². The third-order valence-corrected chi connectivity index (χ3v) is 3.03. The zero-order valence-electron chi connectivity index (χ0n) is 11.8. The highest BCUT2D eigenvalue weighted by molar-refractivity contribution is 5.76. The number of rotatable bonds is 7. The van der Waals surface area contributed by atoms with Crippen LogP contribution < -0.4 is 10.1 Å². The standard InChI is InChI=1S/C16H16F2N2O2/c17-16(18)22-14-4-1-12(2-5-14)3-6-15(21)20-11-13-7-9-19-10-8-13/h1-2,4-5,7-10,16H,3,6,11H2,(H,20,21). The van der Waals surface area contributed by atoms with Crippen LogP contribution in [0.1, 0.15) is 17.5 Å². The van der Waals surface area contributed by atoms with Crippen molar-refractivity contribution in [3.8, 4) is 5.75 Å². The Hall–Kier alpha value is -2.50. The first kappa shape index (κ1) is 15.9. The van der Waals surface area contributed by atoms with E-state index in [2.05, 4.69) is 15.0 Å². The molecule has 2 aromatic rings. The molecule has 116 valence electrons. The highest BCUT2D eigenvalue weighted by Gasteiger charge is 2.05. The van der Waals surface area contributed by atoms with Crippen molar-refractivity contribution in [3.63, 3.8) is 0 Å². The normalized spacial score (nSPS) is 10.5. The van der Waals surface area contributed by atoms with Gasteiger partial charge in [0.05, 0.1) is 0 Å². The summed E-state index contributed by atoms with van der Waals surface area (Å²) in [7, 11) is 0. The molecule has 1 heterocycles. The number of amides is 1. The first-order valence-corrected chi connectivity index (χ1v) is 6.83. The van der Waals surface area contributed by atoms with Crippen molar-refractivity contribution < 1.29 is 18.3 Å². The summed E-state index contributed by atoms with van der Waals surface area (Å²) < 4.78 is 28.3. The molecule has 6 heteroatoms. The average molecular weight is 306 g/mol. The van der Waals surface area contributed by atoms with E-state index >= 15 is 0 Å². The molecule has 0 bridgehead atoms. The van der Waals surface area contributed by atoms with Crippen molar-refractivity contribution in [1.29, 1.82) is 0 Å². The molecule has 0 saturated heterocycles. The zero-order chi connectivity index (χ0) is 15.8. The maximum atomic E-state index is 12.0. The minimum atomic E-state index is -2.83. The largest absolute Gasteiger partial charge is 0.435 e. The molecule has 22 heavy (non-hydrogen) atoms. The van der Waals surface area contributed by atoms with Crippen LogP contribution >= 0.6 is 0 Å². The summed E-state index contributed by atoms with van der Waals surface area (Å²) in [6, 6.07) is 9.96. The fourth-order valence-corrected chi connectivity index (χ4v) is 1.89. The zero-order valence-corrected chi connectivity index (χ0v) is 11.8. The van der Waals surface area contributed by atoms with E-state index in [0.29, 0.717) is 19.4 Å². The van der Waals surface area contributed by atoms with E-state index in [0.717, 1.165) is 11.1 Å². The predicted molar refractivity (Wildman–Crippen MR) is 77.5 cm³/mol. The van der Waals surface area contributed by atoms with Gasteiger partial charge in [-0.1, -0.05) is 12.1 Å². The molecule has 4 nitrogen and oxygen atoms in total. The molecule has 0 radical (unpaired) electrons. The summed E-state index contributed by atoms with van der Waals surface area (Å²) in [6.45, 7) is -2.37. The third kappa shape index (κ3) is 5.47. The van der Waals surface area contributed by atoms with Gasteiger partial charge < -0.3 is 10.1 Å². The summed E-state index contributed by atoms with van der Waals surface area (Å²) in [5.41, 5.74) is 1.87. The Morgan fingerprint density at radius 1 is 1.09 bits per heavy atom. The van der Waals surface area contributed by atoms with Gasteiger partial charge in [-0.15, -0.1) is 0 Å². The van der Waals surface area contributed by atoms with Crippen LogP contribution in [0.4, 0.5) is 8.78 Å². The predicted octanol–water partition coefficient (Wildman–Crippen LogP) is 2.93. The van der Waals surface area contributed by atoms with Crippen molar-refractivity contribution in [2.75, 3.05) is 0 Å². The van der Waals surface area contributed by atoms with E-state index < -0.39 is 6.61 Å². The number of ether oxygens (including phenoxy) is 1. The second kappa shape index (κ2) is 8.07. The molecular weight excluding hydrogens is 290 g/mol. The van der Waals surface area contributed by atoms with Gasteiger partial charge in [0, 0.05) is 25.4 Å². The summed E-state index contributed by atoms with van der Waals surface area (Å²) in [5, 5.41) is 2.82. The number of nitrogens with zero attached hydrogens (tertiary/aromatic N) is 1. The fourth-order valence-electron chi connectivity index (χ4n) is 1.89. The molecule has 0 saturated carbocycles. The second-order valence-electron chi connectivity index (χ2n) is 4.65. The molecule has 0 aliphatic rings. The van der Waals surface area contributed by atoms with Crippen LogP contribution in [-0.2, 0) is 17.8 Å². The first-order chi connectivity index (χ1) is 10.6. The SMILES string of the molecule is O=C(CCc1ccc(OC(F)F)cc1)NCc1ccncc1. The molecular formula is C16H16F2N2O2. The molecule has 0 aliphatic carbocycles. The number of nitrogens with one attached hydrogen (secondary N) is 1. The van der Waals surface area contributed by atoms with Crippen LogP contribution in [0.2, 0.25) is 0 Å². The molecule has 0 unspecified atom stereocenters. The first-order valence-electron chi connectivity index (χ1n) is 6.83. The molecule has 1 aromatic carbocycles. The highest BCUT2D eigenvalue weighted by atomic mass is 19.3. The molecule has 1 aromatic heterocycles. The van der Waals surface area contributed by atoms with Gasteiger partial charge in [-0.2, -0.15) is 8.78 Å². The Labute approximate surface area is 127 Å². The lowest BCUT2D eigenvalue weighted by Crippen LogP contribution is -2.22. The van der Waals surface area contributed by atoms with Crippen LogP contribution in [0.15, 0.2) is 48.8 Å². The quantitative estimate of drug-likeness (QED) is 0.855. The Bertz CT molecular complexity index is 589. The van der Waals surface area contributed by atoms with Crippen molar-refractivity contribution in [2.45, 2.75) is 26.0 Å². The average Bonchev–Trinajstić information content (AvgIpc) is 2.53. The van der Waals surface area contributed by atoms with Crippen molar-refractivity contribution >= 4 is 5.91 Å². The number of pyridine rings is 1. The lowest BCUT2D eigenvalue weighted by Gasteiger charge is -2.07. The fraction of sp³-hybridized carbons (Fsp3) is 0.250. The van der Waals surface area contributed by atoms with Gasteiger partial charge in [0.1, 0.15) is 5.75 Å². The number of alkyl halides is 2. The Balaban J connectivity index is 1.74. The molecule has 2 rings (SSSR count). The lowest BCUT2D eigenvalue weighted by molar-refractivity contribution is -0.121. The van der Waals surface area contributed by atoms with Crippen LogP contribution in [0.5, 0.6) is 5.75 Å². The topological polar surface area (TPSA) is 51.2 Å². The summed E-state index contributed by atoms with van der Waals surface area (Å²) in [5.74, 6) is 0.0469. The van der Waals surface area contributed by atoms with Gasteiger partial charge in [-0.05, 0) is 41.8 Å². The number of aryl methyl sites for hydroxylation is 1. The summed E-state index contributed by atoms with van der Waals surface area (Å²) in [6.07, 6.45) is 4.21. The third-order valence-electron chi connectivity index (χ3n) is 3.03. The van der Waals surface area contributed by atoms with E-state index in [1.54, 1.807) is 24.5 Å². The van der Waals surface area contributed by atoms with Gasteiger partial charge in [0.25, 0.3) is 0 Å². The number of hydrogen-bond acceptors (Lipinski definition) is 3. The van der Waals surface area contributed by atoms with Crippen LogP contribution in [0.3, 0.4) is 0 Å². The van der Waals surface area contributed by atoms with Crippen LogP contribution in [0.25, 0.3) is 0 Å². The van der Waals surface area contributed by atoms with Gasteiger partial charge in [0.2, 0.25) is 5.91 Å². The minimum Gasteiger partial charge on any atom is -0.435 e. The van der Waals surface area contributed by atoms with E-state index in [9.17, 15) is 13.6 Å². The van der Waals surface area contributed by atoms with E-state index in [-0.39, 0.29) is 11.7 Å². The summed E-state index contributed by atoms with van der Waals surface area (Å²) in [4.78, 5) is 15.7. The summed E-state index contributed by atoms with van der Waals surface area (Å²) >= 11 is 0. The van der Waals surface area contributed by atoms with Crippen molar-refractivity contribution in [3.05, 3.63) is 59.9 Å². The van der Waals surface area contributed by atoms with Gasteiger partial charge in [-0.3, -0.25) is 9.78 Å². The van der Waals surface area contributed by atoms with Gasteiger partial charge >= 0.3 is 6.61 Å². The number of hydrogen-bond donors (Lipinski definition) is 1. The van der Waals surface area contributed by atoms with Crippen LogP contribution in [0, 0.1) is 0 Å². The van der Waals surface area contributed by atoms with E-state index in [1.165, 1.54) is 12.1 Å². The smallest absolute Gasteiger partial charge is 0.387 e. The minimum absolute atomic E-state index is 0.0651. The number of benzene rings is 1. The Morgan fingerprint density at radius 2 is 1.77 bits per heavy atom. The number of carbonyl (C=O) groups is 1. The maximum absolute atomic E-state index is 12.0.